The second kappa shape index (κ2) is 4.49. The van der Waals surface area contributed by atoms with Gasteiger partial charge < -0.3 is 15.8 Å². The average molecular weight is 251 g/mol. The Kier molecular flexibility index (Phi) is 3.49. The third-order valence-electron chi connectivity index (χ3n) is 1.65. The van der Waals surface area contributed by atoms with Gasteiger partial charge in [-0.3, -0.25) is 0 Å². The maximum Gasteiger partial charge on any atom is 0.405 e. The molecule has 0 fully saturated rings. The van der Waals surface area contributed by atoms with Crippen molar-refractivity contribution in [2.45, 2.75) is 6.18 Å². The molecular weight excluding hydrogens is 243 g/mol. The first-order chi connectivity index (χ1) is 7.39. The third-order valence-corrected chi connectivity index (χ3v) is 2.70. The SMILES string of the molecule is COc1c(NCC(F)(F)F)sc(C#N)c1N. The van der Waals surface area contributed by atoms with Crippen LogP contribution in [0.3, 0.4) is 0 Å². The first kappa shape index (κ1) is 12.4. The van der Waals surface area contributed by atoms with E-state index in [0.717, 1.165) is 11.3 Å². The van der Waals surface area contributed by atoms with E-state index in [1.165, 1.54) is 7.11 Å². The lowest BCUT2D eigenvalue weighted by Gasteiger charge is -2.09. The van der Waals surface area contributed by atoms with Crippen LogP contribution in [0.25, 0.3) is 0 Å². The highest BCUT2D eigenvalue weighted by molar-refractivity contribution is 7.17. The van der Waals surface area contributed by atoms with Crippen LogP contribution in [0.15, 0.2) is 0 Å². The zero-order chi connectivity index (χ0) is 12.3. The summed E-state index contributed by atoms with van der Waals surface area (Å²) in [4.78, 5) is 0.126. The van der Waals surface area contributed by atoms with Crippen molar-refractivity contribution >= 4 is 22.0 Å². The normalized spacial score (nSPS) is 10.9. The van der Waals surface area contributed by atoms with Crippen LogP contribution >= 0.6 is 11.3 Å². The van der Waals surface area contributed by atoms with Crippen molar-refractivity contribution in [2.24, 2.45) is 0 Å². The van der Waals surface area contributed by atoms with Gasteiger partial charge in [0.05, 0.1) is 7.11 Å². The molecule has 0 radical (unpaired) electrons. The molecule has 1 rings (SSSR count). The molecule has 8 heteroatoms. The van der Waals surface area contributed by atoms with E-state index in [2.05, 4.69) is 5.32 Å². The fourth-order valence-electron chi connectivity index (χ4n) is 1.01. The van der Waals surface area contributed by atoms with Crippen LogP contribution in [0.2, 0.25) is 0 Å². The lowest BCUT2D eigenvalue weighted by molar-refractivity contribution is -0.115. The van der Waals surface area contributed by atoms with Crippen molar-refractivity contribution in [3.8, 4) is 11.8 Å². The molecule has 0 unspecified atom stereocenters. The maximum atomic E-state index is 12.0. The van der Waals surface area contributed by atoms with Crippen molar-refractivity contribution in [2.75, 3.05) is 24.7 Å². The van der Waals surface area contributed by atoms with Gasteiger partial charge in [0.15, 0.2) is 5.75 Å². The van der Waals surface area contributed by atoms with Gasteiger partial charge in [-0.1, -0.05) is 0 Å². The molecular formula is C8H8F3N3OS. The van der Waals surface area contributed by atoms with Crippen molar-refractivity contribution in [3.05, 3.63) is 4.88 Å². The molecule has 0 aromatic carbocycles. The van der Waals surface area contributed by atoms with E-state index in [0.29, 0.717) is 0 Å². The molecule has 3 N–H and O–H groups in total. The molecule has 4 nitrogen and oxygen atoms in total. The van der Waals surface area contributed by atoms with Crippen LogP contribution in [-0.2, 0) is 0 Å². The highest BCUT2D eigenvalue weighted by Gasteiger charge is 2.28. The second-order valence-electron chi connectivity index (χ2n) is 2.79. The van der Waals surface area contributed by atoms with E-state index < -0.39 is 12.7 Å². The Morgan fingerprint density at radius 3 is 2.62 bits per heavy atom. The standard InChI is InChI=1S/C8H8F3N3OS/c1-15-6-5(13)4(2-12)16-7(6)14-3-8(9,10)11/h14H,3,13H2,1H3. The minimum Gasteiger partial charge on any atom is -0.492 e. The predicted molar refractivity (Wildman–Crippen MR) is 54.5 cm³/mol. The highest BCUT2D eigenvalue weighted by atomic mass is 32.1. The Balaban J connectivity index is 2.93. The molecule has 1 aromatic rings. The van der Waals surface area contributed by atoms with E-state index in [-0.39, 0.29) is 21.3 Å². The number of thiophene rings is 1. The fourth-order valence-corrected chi connectivity index (χ4v) is 1.89. The number of nitriles is 1. The first-order valence-electron chi connectivity index (χ1n) is 4.06. The number of ether oxygens (including phenoxy) is 1. The summed E-state index contributed by atoms with van der Waals surface area (Å²) in [6.07, 6.45) is -4.34. The van der Waals surface area contributed by atoms with Crippen LogP contribution in [0.4, 0.5) is 23.9 Å². The van der Waals surface area contributed by atoms with E-state index >= 15 is 0 Å². The Hall–Kier alpha value is -1.62. The number of methoxy groups -OCH3 is 1. The van der Waals surface area contributed by atoms with Crippen LogP contribution in [-0.4, -0.2) is 19.8 Å². The minimum atomic E-state index is -4.34. The van der Waals surface area contributed by atoms with Crippen LogP contribution < -0.4 is 15.8 Å². The summed E-state index contributed by atoms with van der Waals surface area (Å²) in [5.41, 5.74) is 5.56. The molecule has 0 aliphatic heterocycles. The smallest absolute Gasteiger partial charge is 0.405 e. The van der Waals surface area contributed by atoms with Gasteiger partial charge in [0.2, 0.25) is 0 Å². The predicted octanol–water partition coefficient (Wildman–Crippen LogP) is 2.18. The molecule has 1 heterocycles. The Morgan fingerprint density at radius 2 is 2.19 bits per heavy atom. The lowest BCUT2D eigenvalue weighted by Crippen LogP contribution is -2.21. The van der Waals surface area contributed by atoms with Crippen LogP contribution in [0.1, 0.15) is 4.88 Å². The monoisotopic (exact) mass is 251 g/mol. The van der Waals surface area contributed by atoms with E-state index in [1.807, 2.05) is 0 Å². The summed E-state index contributed by atoms with van der Waals surface area (Å²) >= 11 is 0.829. The highest BCUT2D eigenvalue weighted by Crippen LogP contribution is 2.42. The number of halogens is 3. The maximum absolute atomic E-state index is 12.0. The number of nitrogens with zero attached hydrogens (tertiary/aromatic N) is 1. The number of rotatable bonds is 3. The zero-order valence-electron chi connectivity index (χ0n) is 8.18. The van der Waals surface area contributed by atoms with Crippen molar-refractivity contribution in [1.29, 1.82) is 5.26 Å². The molecule has 88 valence electrons. The lowest BCUT2D eigenvalue weighted by atomic mass is 10.4. The number of anilines is 2. The molecule has 16 heavy (non-hydrogen) atoms. The summed E-state index contributed by atoms with van der Waals surface area (Å²) in [5.74, 6) is 0.0748. The zero-order valence-corrected chi connectivity index (χ0v) is 9.00. The van der Waals surface area contributed by atoms with Crippen molar-refractivity contribution in [1.82, 2.24) is 0 Å². The summed E-state index contributed by atoms with van der Waals surface area (Å²) in [6.45, 7) is -1.20. The van der Waals surface area contributed by atoms with Gasteiger partial charge in [-0.15, -0.1) is 11.3 Å². The van der Waals surface area contributed by atoms with Crippen molar-refractivity contribution < 1.29 is 17.9 Å². The van der Waals surface area contributed by atoms with Gasteiger partial charge in [-0.2, -0.15) is 18.4 Å². The molecule has 0 atom stereocenters. The van der Waals surface area contributed by atoms with E-state index in [9.17, 15) is 13.2 Å². The minimum absolute atomic E-state index is 0.0553. The average Bonchev–Trinajstić information content (AvgIpc) is 2.50. The van der Waals surface area contributed by atoms with Gasteiger partial charge in [0, 0.05) is 0 Å². The quantitative estimate of drug-likeness (QED) is 0.863. The fraction of sp³-hybridized carbons (Fsp3) is 0.375. The van der Waals surface area contributed by atoms with Gasteiger partial charge in [0.1, 0.15) is 28.2 Å². The molecule has 0 saturated heterocycles. The number of hydrogen-bond donors (Lipinski definition) is 2. The number of nitrogens with two attached hydrogens (primary N) is 1. The molecule has 0 amide bonds. The molecule has 0 saturated carbocycles. The Bertz CT molecular complexity index is 421. The number of hydrogen-bond acceptors (Lipinski definition) is 5. The molecule has 0 aliphatic rings. The topological polar surface area (TPSA) is 71.1 Å². The summed E-state index contributed by atoms with van der Waals surface area (Å²) in [7, 11) is 1.28. The van der Waals surface area contributed by atoms with Crippen LogP contribution in [0, 0.1) is 11.3 Å². The number of nitrogens with one attached hydrogen (secondary N) is 1. The number of alkyl halides is 3. The Morgan fingerprint density at radius 1 is 1.56 bits per heavy atom. The van der Waals surface area contributed by atoms with Crippen LogP contribution in [0.5, 0.6) is 5.75 Å². The van der Waals surface area contributed by atoms with Gasteiger partial charge in [-0.05, 0) is 0 Å². The number of nitrogen functional groups attached to an aromatic ring is 1. The largest absolute Gasteiger partial charge is 0.492 e. The van der Waals surface area contributed by atoms with Gasteiger partial charge >= 0.3 is 6.18 Å². The second-order valence-corrected chi connectivity index (χ2v) is 3.81. The molecule has 0 bridgehead atoms. The third kappa shape index (κ3) is 2.70. The molecule has 0 aliphatic carbocycles. The van der Waals surface area contributed by atoms with E-state index in [1.54, 1.807) is 6.07 Å². The van der Waals surface area contributed by atoms with E-state index in [4.69, 9.17) is 15.7 Å². The molecule has 0 spiro atoms. The van der Waals surface area contributed by atoms with Gasteiger partial charge in [0.25, 0.3) is 0 Å². The molecule has 1 aromatic heterocycles. The van der Waals surface area contributed by atoms with Gasteiger partial charge in [-0.25, -0.2) is 0 Å². The summed E-state index contributed by atoms with van der Waals surface area (Å²) in [6, 6.07) is 1.78. The van der Waals surface area contributed by atoms with Crippen molar-refractivity contribution in [3.63, 3.8) is 0 Å². The Labute approximate surface area is 93.4 Å². The summed E-state index contributed by atoms with van der Waals surface area (Å²) < 4.78 is 40.7. The summed E-state index contributed by atoms with van der Waals surface area (Å²) in [5, 5.41) is 10.9. The first-order valence-corrected chi connectivity index (χ1v) is 4.87.